The maximum absolute atomic E-state index is 11.4. The summed E-state index contributed by atoms with van der Waals surface area (Å²) < 4.78 is 14.8. The summed E-state index contributed by atoms with van der Waals surface area (Å²) in [6.45, 7) is 5.88. The van der Waals surface area contributed by atoms with Crippen LogP contribution >= 0.6 is 0 Å². The summed E-state index contributed by atoms with van der Waals surface area (Å²) in [6.07, 6.45) is 2.28. The molecular formula is C14H21NO5. The van der Waals surface area contributed by atoms with Crippen molar-refractivity contribution in [3.8, 4) is 0 Å². The molecule has 1 aromatic heterocycles. The first kappa shape index (κ1) is 16.1. The first-order chi connectivity index (χ1) is 9.33. The predicted molar refractivity (Wildman–Crippen MR) is 72.6 cm³/mol. The van der Waals surface area contributed by atoms with Gasteiger partial charge in [-0.2, -0.15) is 0 Å². The third kappa shape index (κ3) is 5.34. The highest BCUT2D eigenvalue weighted by Gasteiger charge is 2.17. The van der Waals surface area contributed by atoms with Gasteiger partial charge >= 0.3 is 12.1 Å². The van der Waals surface area contributed by atoms with Crippen LogP contribution in [0, 0.1) is 0 Å². The van der Waals surface area contributed by atoms with Gasteiger partial charge in [0.1, 0.15) is 5.60 Å². The molecule has 1 heterocycles. The summed E-state index contributed by atoms with van der Waals surface area (Å²) in [6, 6.07) is 1.72. The number of hydrogen-bond donors (Lipinski definition) is 1. The van der Waals surface area contributed by atoms with Crippen LogP contribution in [0.1, 0.15) is 43.3 Å². The summed E-state index contributed by atoms with van der Waals surface area (Å²) in [5, 5.41) is 2.66. The van der Waals surface area contributed by atoms with Crippen LogP contribution in [-0.2, 0) is 15.9 Å². The number of aryl methyl sites for hydroxylation is 1. The largest absolute Gasteiger partial charge is 0.463 e. The quantitative estimate of drug-likeness (QED) is 0.663. The Hall–Kier alpha value is -1.98. The summed E-state index contributed by atoms with van der Waals surface area (Å²) in [4.78, 5) is 22.8. The molecule has 0 aliphatic rings. The molecule has 1 amide bonds. The highest BCUT2D eigenvalue weighted by Crippen LogP contribution is 2.13. The fourth-order valence-corrected chi connectivity index (χ4v) is 1.59. The maximum Gasteiger partial charge on any atom is 0.407 e. The van der Waals surface area contributed by atoms with Crippen molar-refractivity contribution in [1.82, 2.24) is 5.32 Å². The van der Waals surface area contributed by atoms with Crippen molar-refractivity contribution in [2.24, 2.45) is 0 Å². The zero-order valence-corrected chi connectivity index (χ0v) is 12.3. The molecular weight excluding hydrogens is 262 g/mol. The Kier molecular flexibility index (Phi) is 5.61. The van der Waals surface area contributed by atoms with E-state index in [1.54, 1.807) is 26.8 Å². The van der Waals surface area contributed by atoms with E-state index in [9.17, 15) is 9.59 Å². The van der Waals surface area contributed by atoms with Crippen LogP contribution in [0.5, 0.6) is 0 Å². The Bertz CT molecular complexity index is 458. The lowest BCUT2D eigenvalue weighted by atomic mass is 10.1. The predicted octanol–water partition coefficient (Wildman–Crippen LogP) is 2.52. The number of alkyl carbamates (subject to hydrolysis) is 1. The number of ether oxygens (including phenoxy) is 2. The molecule has 0 aliphatic carbocycles. The lowest BCUT2D eigenvalue weighted by Crippen LogP contribution is -2.33. The van der Waals surface area contributed by atoms with Crippen LogP contribution < -0.4 is 5.32 Å². The summed E-state index contributed by atoms with van der Waals surface area (Å²) >= 11 is 0. The van der Waals surface area contributed by atoms with Gasteiger partial charge in [0, 0.05) is 12.1 Å². The van der Waals surface area contributed by atoms with E-state index in [1.807, 2.05) is 0 Å². The van der Waals surface area contributed by atoms with Gasteiger partial charge in [0.15, 0.2) is 0 Å². The number of nitrogens with one attached hydrogen (secondary N) is 1. The van der Waals surface area contributed by atoms with Crippen molar-refractivity contribution < 1.29 is 23.5 Å². The fourth-order valence-electron chi connectivity index (χ4n) is 1.59. The molecule has 0 radical (unpaired) electrons. The van der Waals surface area contributed by atoms with Crippen LogP contribution in [0.25, 0.3) is 0 Å². The van der Waals surface area contributed by atoms with Gasteiger partial charge in [0.2, 0.25) is 5.76 Å². The Morgan fingerprint density at radius 3 is 2.65 bits per heavy atom. The van der Waals surface area contributed by atoms with Crippen molar-refractivity contribution in [2.45, 2.75) is 39.2 Å². The summed E-state index contributed by atoms with van der Waals surface area (Å²) in [7, 11) is 1.30. The number of hydrogen-bond acceptors (Lipinski definition) is 5. The van der Waals surface area contributed by atoms with E-state index in [-0.39, 0.29) is 5.76 Å². The van der Waals surface area contributed by atoms with Crippen molar-refractivity contribution >= 4 is 12.1 Å². The van der Waals surface area contributed by atoms with Gasteiger partial charge in [-0.05, 0) is 39.7 Å². The van der Waals surface area contributed by atoms with Crippen molar-refractivity contribution in [2.75, 3.05) is 13.7 Å². The van der Waals surface area contributed by atoms with E-state index in [2.05, 4.69) is 10.1 Å². The van der Waals surface area contributed by atoms with Gasteiger partial charge in [-0.1, -0.05) is 0 Å². The molecule has 0 bridgehead atoms. The minimum Gasteiger partial charge on any atom is -0.463 e. The number of methoxy groups -OCH3 is 1. The molecule has 6 nitrogen and oxygen atoms in total. The number of esters is 1. The third-order valence-electron chi connectivity index (χ3n) is 2.41. The zero-order chi connectivity index (χ0) is 15.2. The minimum atomic E-state index is -0.507. The molecule has 0 saturated carbocycles. The Labute approximate surface area is 118 Å². The van der Waals surface area contributed by atoms with Gasteiger partial charge in [-0.3, -0.25) is 0 Å². The normalized spacial score (nSPS) is 11.0. The molecule has 1 N–H and O–H groups in total. The monoisotopic (exact) mass is 283 g/mol. The summed E-state index contributed by atoms with van der Waals surface area (Å²) in [5.41, 5.74) is 0.259. The molecule has 0 aromatic carbocycles. The molecule has 1 aromatic rings. The minimum absolute atomic E-state index is 0.213. The molecule has 0 unspecified atom stereocenters. The number of furan rings is 1. The molecule has 112 valence electrons. The van der Waals surface area contributed by atoms with E-state index < -0.39 is 17.7 Å². The van der Waals surface area contributed by atoms with Crippen LogP contribution in [0.4, 0.5) is 4.79 Å². The molecule has 6 heteroatoms. The van der Waals surface area contributed by atoms with Crippen LogP contribution in [0.3, 0.4) is 0 Å². The maximum atomic E-state index is 11.4. The fraction of sp³-hybridized carbons (Fsp3) is 0.571. The molecule has 0 spiro atoms. The van der Waals surface area contributed by atoms with Crippen LogP contribution in [0.2, 0.25) is 0 Å². The first-order valence-corrected chi connectivity index (χ1v) is 6.45. The van der Waals surface area contributed by atoms with Crippen molar-refractivity contribution in [3.63, 3.8) is 0 Å². The molecule has 0 atom stereocenters. The Balaban J connectivity index is 2.33. The van der Waals surface area contributed by atoms with E-state index >= 15 is 0 Å². The van der Waals surface area contributed by atoms with E-state index in [0.717, 1.165) is 5.56 Å². The summed E-state index contributed by atoms with van der Waals surface area (Å²) in [5.74, 6) is -0.283. The van der Waals surface area contributed by atoms with Gasteiger partial charge in [0.05, 0.1) is 13.4 Å². The van der Waals surface area contributed by atoms with Gasteiger partial charge in [0.25, 0.3) is 0 Å². The van der Waals surface area contributed by atoms with Gasteiger partial charge in [-0.25, -0.2) is 9.59 Å². The molecule has 20 heavy (non-hydrogen) atoms. The second kappa shape index (κ2) is 6.98. The SMILES string of the molecule is COC(=O)c1occc1CCCNC(=O)OC(C)(C)C. The second-order valence-electron chi connectivity index (χ2n) is 5.30. The lowest BCUT2D eigenvalue weighted by molar-refractivity contribution is 0.0523. The van der Waals surface area contributed by atoms with Crippen LogP contribution in [-0.4, -0.2) is 31.3 Å². The highest BCUT2D eigenvalue weighted by molar-refractivity contribution is 5.87. The van der Waals surface area contributed by atoms with E-state index in [4.69, 9.17) is 9.15 Å². The number of carbonyl (C=O) groups is 2. The van der Waals surface area contributed by atoms with Gasteiger partial charge in [-0.15, -0.1) is 0 Å². The van der Waals surface area contributed by atoms with E-state index in [1.165, 1.54) is 13.4 Å². The average Bonchev–Trinajstić information content (AvgIpc) is 2.79. The Morgan fingerprint density at radius 1 is 1.35 bits per heavy atom. The lowest BCUT2D eigenvalue weighted by Gasteiger charge is -2.19. The topological polar surface area (TPSA) is 77.8 Å². The van der Waals surface area contributed by atoms with Crippen molar-refractivity contribution in [1.29, 1.82) is 0 Å². The second-order valence-corrected chi connectivity index (χ2v) is 5.30. The first-order valence-electron chi connectivity index (χ1n) is 6.45. The standard InChI is InChI=1S/C14H21NO5/c1-14(2,3)20-13(17)15-8-5-6-10-7-9-19-11(10)12(16)18-4/h7,9H,5-6,8H2,1-4H3,(H,15,17). The number of carbonyl (C=O) groups excluding carboxylic acids is 2. The molecule has 0 fully saturated rings. The average molecular weight is 283 g/mol. The zero-order valence-electron chi connectivity index (χ0n) is 12.3. The Morgan fingerprint density at radius 2 is 2.05 bits per heavy atom. The molecule has 1 rings (SSSR count). The van der Waals surface area contributed by atoms with Crippen LogP contribution in [0.15, 0.2) is 16.7 Å². The van der Waals surface area contributed by atoms with E-state index in [0.29, 0.717) is 19.4 Å². The number of rotatable bonds is 5. The highest BCUT2D eigenvalue weighted by atomic mass is 16.6. The third-order valence-corrected chi connectivity index (χ3v) is 2.41. The molecule has 0 aliphatic heterocycles. The van der Waals surface area contributed by atoms with Gasteiger partial charge < -0.3 is 19.2 Å². The van der Waals surface area contributed by atoms with Crippen molar-refractivity contribution in [3.05, 3.63) is 23.7 Å². The smallest absolute Gasteiger partial charge is 0.407 e. The molecule has 0 saturated heterocycles. The number of amides is 1.